The molecule has 0 aliphatic rings. The SMILES string of the molecule is COc1cc(NC(=O)c2ccncc2)c([N+](=O)[O-])cc1OC. The number of benzene rings is 1. The van der Waals surface area contributed by atoms with Gasteiger partial charge in [-0.2, -0.15) is 0 Å². The number of carbonyl (C=O) groups excluding carboxylic acids is 1. The lowest BCUT2D eigenvalue weighted by Gasteiger charge is -2.11. The normalized spacial score (nSPS) is 9.91. The molecule has 1 aromatic carbocycles. The van der Waals surface area contributed by atoms with Gasteiger partial charge in [0.15, 0.2) is 11.5 Å². The monoisotopic (exact) mass is 303 g/mol. The summed E-state index contributed by atoms with van der Waals surface area (Å²) < 4.78 is 10.1. The number of hydrogen-bond acceptors (Lipinski definition) is 6. The van der Waals surface area contributed by atoms with Crippen LogP contribution >= 0.6 is 0 Å². The number of nitrogens with zero attached hydrogens (tertiary/aromatic N) is 2. The lowest BCUT2D eigenvalue weighted by Crippen LogP contribution is -2.13. The molecule has 1 heterocycles. The number of carbonyl (C=O) groups is 1. The number of nitro groups is 1. The fourth-order valence-electron chi connectivity index (χ4n) is 1.82. The molecule has 0 saturated carbocycles. The topological polar surface area (TPSA) is 104 Å². The van der Waals surface area contributed by atoms with Crippen molar-refractivity contribution in [1.29, 1.82) is 0 Å². The Labute approximate surface area is 125 Å². The van der Waals surface area contributed by atoms with Crippen molar-refractivity contribution in [1.82, 2.24) is 4.98 Å². The van der Waals surface area contributed by atoms with Gasteiger partial charge >= 0.3 is 0 Å². The van der Waals surface area contributed by atoms with Crippen molar-refractivity contribution in [2.45, 2.75) is 0 Å². The number of nitro benzene ring substituents is 1. The minimum Gasteiger partial charge on any atom is -0.493 e. The first-order chi connectivity index (χ1) is 10.6. The lowest BCUT2D eigenvalue weighted by molar-refractivity contribution is -0.384. The molecule has 2 aromatic rings. The van der Waals surface area contributed by atoms with Crippen LogP contribution in [0.15, 0.2) is 36.7 Å². The predicted molar refractivity (Wildman–Crippen MR) is 78.4 cm³/mol. The first-order valence-corrected chi connectivity index (χ1v) is 6.18. The second-order valence-electron chi connectivity index (χ2n) is 4.17. The van der Waals surface area contributed by atoms with Crippen molar-refractivity contribution in [3.8, 4) is 11.5 Å². The molecule has 8 heteroatoms. The van der Waals surface area contributed by atoms with Crippen molar-refractivity contribution >= 4 is 17.3 Å². The molecule has 0 unspecified atom stereocenters. The first kappa shape index (κ1) is 15.2. The van der Waals surface area contributed by atoms with Crippen LogP contribution < -0.4 is 14.8 Å². The molecule has 0 aliphatic carbocycles. The molecule has 0 spiro atoms. The molecule has 0 atom stereocenters. The van der Waals surface area contributed by atoms with E-state index >= 15 is 0 Å². The molecule has 22 heavy (non-hydrogen) atoms. The Morgan fingerprint density at radius 3 is 2.32 bits per heavy atom. The van der Waals surface area contributed by atoms with Crippen LogP contribution in [0.5, 0.6) is 11.5 Å². The fraction of sp³-hybridized carbons (Fsp3) is 0.143. The van der Waals surface area contributed by atoms with E-state index in [1.54, 1.807) is 0 Å². The van der Waals surface area contributed by atoms with Gasteiger partial charge in [0.2, 0.25) is 0 Å². The molecule has 0 fully saturated rings. The highest BCUT2D eigenvalue weighted by Crippen LogP contribution is 2.37. The molecule has 0 saturated heterocycles. The third-order valence-electron chi connectivity index (χ3n) is 2.89. The quantitative estimate of drug-likeness (QED) is 0.671. The summed E-state index contributed by atoms with van der Waals surface area (Å²) in [5.41, 5.74) is 0.0589. The van der Waals surface area contributed by atoms with E-state index in [0.29, 0.717) is 5.56 Å². The van der Waals surface area contributed by atoms with Gasteiger partial charge in [-0.3, -0.25) is 19.9 Å². The number of rotatable bonds is 5. The summed E-state index contributed by atoms with van der Waals surface area (Å²) in [6.45, 7) is 0. The van der Waals surface area contributed by atoms with E-state index in [-0.39, 0.29) is 22.9 Å². The maximum absolute atomic E-state index is 12.1. The molecule has 8 nitrogen and oxygen atoms in total. The average molecular weight is 303 g/mol. The Morgan fingerprint density at radius 1 is 1.18 bits per heavy atom. The van der Waals surface area contributed by atoms with Gasteiger partial charge in [-0.05, 0) is 12.1 Å². The number of nitrogens with one attached hydrogen (secondary N) is 1. The van der Waals surface area contributed by atoms with Crippen LogP contribution in [0.1, 0.15) is 10.4 Å². The third-order valence-corrected chi connectivity index (χ3v) is 2.89. The van der Waals surface area contributed by atoms with Crippen molar-refractivity contribution in [3.05, 3.63) is 52.3 Å². The van der Waals surface area contributed by atoms with Crippen molar-refractivity contribution in [2.24, 2.45) is 0 Å². The minimum absolute atomic E-state index is 0.0180. The van der Waals surface area contributed by atoms with Crippen LogP contribution in [0.25, 0.3) is 0 Å². The number of anilines is 1. The molecule has 2 rings (SSSR count). The van der Waals surface area contributed by atoms with Gasteiger partial charge in [-0.25, -0.2) is 0 Å². The number of hydrogen-bond donors (Lipinski definition) is 1. The zero-order valence-electron chi connectivity index (χ0n) is 11.9. The Balaban J connectivity index is 2.41. The standard InChI is InChI=1S/C14H13N3O5/c1-21-12-7-10(11(17(19)20)8-13(12)22-2)16-14(18)9-3-5-15-6-4-9/h3-8H,1-2H3,(H,16,18). The van der Waals surface area contributed by atoms with Crippen LogP contribution in [-0.2, 0) is 0 Å². The van der Waals surface area contributed by atoms with Gasteiger partial charge in [0, 0.05) is 24.0 Å². The number of amides is 1. The van der Waals surface area contributed by atoms with Crippen molar-refractivity contribution in [2.75, 3.05) is 19.5 Å². The van der Waals surface area contributed by atoms with Crippen LogP contribution in [-0.4, -0.2) is 30.0 Å². The summed E-state index contributed by atoms with van der Waals surface area (Å²) in [5.74, 6) is -0.00745. The van der Waals surface area contributed by atoms with Gasteiger partial charge in [0.25, 0.3) is 11.6 Å². The first-order valence-electron chi connectivity index (χ1n) is 6.18. The second kappa shape index (κ2) is 6.53. The number of methoxy groups -OCH3 is 2. The summed E-state index contributed by atoms with van der Waals surface area (Å²) in [4.78, 5) is 26.5. The van der Waals surface area contributed by atoms with Crippen LogP contribution in [0.4, 0.5) is 11.4 Å². The summed E-state index contributed by atoms with van der Waals surface area (Å²) >= 11 is 0. The molecular formula is C14H13N3O5. The van der Waals surface area contributed by atoms with E-state index in [1.165, 1.54) is 50.9 Å². The molecule has 0 radical (unpaired) electrons. The summed E-state index contributed by atoms with van der Waals surface area (Å²) in [6, 6.07) is 5.54. The highest BCUT2D eigenvalue weighted by atomic mass is 16.6. The average Bonchev–Trinajstić information content (AvgIpc) is 2.54. The maximum Gasteiger partial charge on any atom is 0.296 e. The van der Waals surface area contributed by atoms with Crippen molar-refractivity contribution in [3.63, 3.8) is 0 Å². The number of aromatic nitrogens is 1. The van der Waals surface area contributed by atoms with E-state index in [4.69, 9.17) is 9.47 Å². The van der Waals surface area contributed by atoms with E-state index in [2.05, 4.69) is 10.3 Å². The molecule has 0 aliphatic heterocycles. The van der Waals surface area contributed by atoms with Gasteiger partial charge < -0.3 is 14.8 Å². The summed E-state index contributed by atoms with van der Waals surface area (Å²) in [7, 11) is 2.77. The van der Waals surface area contributed by atoms with E-state index in [9.17, 15) is 14.9 Å². The molecule has 114 valence electrons. The fourth-order valence-corrected chi connectivity index (χ4v) is 1.82. The highest BCUT2D eigenvalue weighted by Gasteiger charge is 2.21. The molecule has 1 amide bonds. The number of ether oxygens (including phenoxy) is 2. The van der Waals surface area contributed by atoms with Crippen LogP contribution in [0, 0.1) is 10.1 Å². The van der Waals surface area contributed by atoms with E-state index in [1.807, 2.05) is 0 Å². The Hall–Kier alpha value is -3.16. The highest BCUT2D eigenvalue weighted by molar-refractivity contribution is 6.05. The van der Waals surface area contributed by atoms with Gasteiger partial charge in [-0.1, -0.05) is 0 Å². The van der Waals surface area contributed by atoms with Gasteiger partial charge in [-0.15, -0.1) is 0 Å². The molecule has 1 N–H and O–H groups in total. The van der Waals surface area contributed by atoms with E-state index < -0.39 is 10.8 Å². The maximum atomic E-state index is 12.1. The summed E-state index contributed by atoms with van der Waals surface area (Å²) in [6.07, 6.45) is 2.91. The second-order valence-corrected chi connectivity index (χ2v) is 4.17. The zero-order valence-corrected chi connectivity index (χ0v) is 11.9. The third kappa shape index (κ3) is 3.11. The minimum atomic E-state index is -0.607. The molecule has 0 bridgehead atoms. The van der Waals surface area contributed by atoms with Gasteiger partial charge in [0.05, 0.1) is 25.2 Å². The van der Waals surface area contributed by atoms with Crippen molar-refractivity contribution < 1.29 is 19.2 Å². The molecular weight excluding hydrogens is 290 g/mol. The van der Waals surface area contributed by atoms with Gasteiger partial charge in [0.1, 0.15) is 5.69 Å². The largest absolute Gasteiger partial charge is 0.493 e. The number of pyridine rings is 1. The van der Waals surface area contributed by atoms with Crippen LogP contribution in [0.3, 0.4) is 0 Å². The van der Waals surface area contributed by atoms with Crippen LogP contribution in [0.2, 0.25) is 0 Å². The smallest absolute Gasteiger partial charge is 0.296 e. The Kier molecular flexibility index (Phi) is 4.52. The lowest BCUT2D eigenvalue weighted by atomic mass is 10.2. The Bertz CT molecular complexity index is 703. The molecule has 1 aromatic heterocycles. The zero-order chi connectivity index (χ0) is 16.1. The predicted octanol–water partition coefficient (Wildman–Crippen LogP) is 2.26. The Morgan fingerprint density at radius 2 is 1.77 bits per heavy atom. The van der Waals surface area contributed by atoms with E-state index in [0.717, 1.165) is 0 Å². The summed E-state index contributed by atoms with van der Waals surface area (Å²) in [5, 5.41) is 13.6.